The van der Waals surface area contributed by atoms with Crippen LogP contribution in [0.4, 0.5) is 0 Å². The minimum absolute atomic E-state index is 0.0383. The largest absolute Gasteiger partial charge is 0.478 e. The maximum Gasteiger partial charge on any atom is 0.337 e. The van der Waals surface area contributed by atoms with Crippen LogP contribution in [-0.2, 0) is 5.88 Å². The zero-order chi connectivity index (χ0) is 10.7. The van der Waals surface area contributed by atoms with Crippen LogP contribution in [0.25, 0.3) is 0 Å². The maximum absolute atomic E-state index is 10.7. The van der Waals surface area contributed by atoms with Crippen LogP contribution in [-0.4, -0.2) is 11.1 Å². The van der Waals surface area contributed by atoms with E-state index in [0.29, 0.717) is 10.6 Å². The van der Waals surface area contributed by atoms with Crippen molar-refractivity contribution >= 4 is 29.2 Å². The van der Waals surface area contributed by atoms with Gasteiger partial charge in [0.2, 0.25) is 0 Å². The van der Waals surface area contributed by atoms with Crippen LogP contribution in [0.15, 0.2) is 12.1 Å². The van der Waals surface area contributed by atoms with E-state index in [1.807, 2.05) is 0 Å². The number of carbonyl (C=O) groups is 1. The number of hydrogen-bond acceptors (Lipinski definition) is 2. The van der Waals surface area contributed by atoms with E-state index in [-0.39, 0.29) is 17.0 Å². The van der Waals surface area contributed by atoms with Gasteiger partial charge in [0, 0.05) is 10.9 Å². The highest BCUT2D eigenvalue weighted by molar-refractivity contribution is 6.32. The van der Waals surface area contributed by atoms with Crippen molar-refractivity contribution in [3.05, 3.63) is 33.8 Å². The van der Waals surface area contributed by atoms with E-state index in [4.69, 9.17) is 33.6 Å². The van der Waals surface area contributed by atoms with Crippen molar-refractivity contribution in [1.29, 1.82) is 5.26 Å². The molecule has 0 saturated heterocycles. The summed E-state index contributed by atoms with van der Waals surface area (Å²) in [5.41, 5.74) is 0.466. The molecular weight excluding hydrogens is 225 g/mol. The molecule has 0 atom stereocenters. The van der Waals surface area contributed by atoms with Gasteiger partial charge in [-0.25, -0.2) is 4.79 Å². The molecule has 0 aliphatic carbocycles. The van der Waals surface area contributed by atoms with Gasteiger partial charge in [0.15, 0.2) is 0 Å². The third-order valence-corrected chi connectivity index (χ3v) is 2.32. The molecule has 0 heterocycles. The standard InChI is InChI=1S/C9H5Cl2NO2/c10-3-5-1-7(9(13)14)6(4-12)2-8(5)11/h1-2H,3H2,(H,13,14). The first kappa shape index (κ1) is 10.8. The van der Waals surface area contributed by atoms with Gasteiger partial charge in [-0.1, -0.05) is 11.6 Å². The molecule has 0 fully saturated rings. The molecule has 1 aromatic carbocycles. The number of hydrogen-bond donors (Lipinski definition) is 1. The second-order valence-electron chi connectivity index (χ2n) is 2.54. The summed E-state index contributed by atoms with van der Waals surface area (Å²) in [7, 11) is 0. The molecule has 0 bridgehead atoms. The lowest BCUT2D eigenvalue weighted by Gasteiger charge is -2.03. The van der Waals surface area contributed by atoms with Crippen LogP contribution in [0.1, 0.15) is 21.5 Å². The summed E-state index contributed by atoms with van der Waals surface area (Å²) < 4.78 is 0. The summed E-state index contributed by atoms with van der Waals surface area (Å²) in [5, 5.41) is 17.7. The lowest BCUT2D eigenvalue weighted by atomic mass is 10.1. The first-order valence-electron chi connectivity index (χ1n) is 3.62. The van der Waals surface area contributed by atoms with Gasteiger partial charge in [-0.05, 0) is 17.7 Å². The number of alkyl halides is 1. The number of carboxylic acid groups (broad SMARTS) is 1. The normalized spacial score (nSPS) is 9.50. The number of rotatable bonds is 2. The van der Waals surface area contributed by atoms with Crippen molar-refractivity contribution in [2.24, 2.45) is 0 Å². The van der Waals surface area contributed by atoms with E-state index < -0.39 is 5.97 Å². The molecule has 1 N–H and O–H groups in total. The molecule has 0 saturated carbocycles. The van der Waals surface area contributed by atoms with Crippen molar-refractivity contribution < 1.29 is 9.90 Å². The number of carboxylic acids is 1. The molecule has 0 spiro atoms. The third kappa shape index (κ3) is 1.98. The predicted molar refractivity (Wildman–Crippen MR) is 52.7 cm³/mol. The van der Waals surface area contributed by atoms with Crippen LogP contribution < -0.4 is 0 Å². The summed E-state index contributed by atoms with van der Waals surface area (Å²) >= 11 is 11.3. The van der Waals surface area contributed by atoms with Crippen molar-refractivity contribution in [3.8, 4) is 6.07 Å². The average Bonchev–Trinajstić information content (AvgIpc) is 2.16. The topological polar surface area (TPSA) is 61.1 Å². The molecule has 0 radical (unpaired) electrons. The summed E-state index contributed by atoms with van der Waals surface area (Å²) in [5.74, 6) is -1.05. The Labute approximate surface area is 90.5 Å². The third-order valence-electron chi connectivity index (χ3n) is 1.68. The smallest absolute Gasteiger partial charge is 0.337 e. The molecule has 0 amide bonds. The Bertz CT molecular complexity index is 424. The Kier molecular flexibility index (Phi) is 3.34. The lowest BCUT2D eigenvalue weighted by molar-refractivity contribution is 0.0696. The fraction of sp³-hybridized carbons (Fsp3) is 0.111. The molecule has 0 aromatic heterocycles. The molecule has 72 valence electrons. The molecule has 0 aliphatic heterocycles. The SMILES string of the molecule is N#Cc1cc(Cl)c(CCl)cc1C(=O)O. The average molecular weight is 230 g/mol. The Morgan fingerprint density at radius 3 is 2.64 bits per heavy atom. The van der Waals surface area contributed by atoms with Gasteiger partial charge < -0.3 is 5.11 Å². The highest BCUT2D eigenvalue weighted by atomic mass is 35.5. The van der Waals surface area contributed by atoms with Gasteiger partial charge in [0.05, 0.1) is 11.1 Å². The van der Waals surface area contributed by atoms with E-state index >= 15 is 0 Å². The fourth-order valence-corrected chi connectivity index (χ4v) is 1.51. The molecule has 1 rings (SSSR count). The van der Waals surface area contributed by atoms with Crippen LogP contribution in [0, 0.1) is 11.3 Å². The molecular formula is C9H5Cl2NO2. The molecule has 14 heavy (non-hydrogen) atoms. The van der Waals surface area contributed by atoms with Crippen molar-refractivity contribution in [2.75, 3.05) is 0 Å². The van der Waals surface area contributed by atoms with Crippen LogP contribution >= 0.6 is 23.2 Å². The monoisotopic (exact) mass is 229 g/mol. The second kappa shape index (κ2) is 4.32. The minimum Gasteiger partial charge on any atom is -0.478 e. The van der Waals surface area contributed by atoms with Gasteiger partial charge in [-0.3, -0.25) is 0 Å². The first-order valence-corrected chi connectivity index (χ1v) is 4.53. The number of aromatic carboxylic acids is 1. The Hall–Kier alpha value is -1.24. The van der Waals surface area contributed by atoms with E-state index in [2.05, 4.69) is 0 Å². The molecule has 0 unspecified atom stereocenters. The number of halogens is 2. The summed E-state index contributed by atoms with van der Waals surface area (Å²) in [6, 6.07) is 4.38. The van der Waals surface area contributed by atoms with Crippen LogP contribution in [0.2, 0.25) is 5.02 Å². The van der Waals surface area contributed by atoms with E-state index in [9.17, 15) is 4.79 Å². The van der Waals surface area contributed by atoms with Crippen molar-refractivity contribution in [2.45, 2.75) is 5.88 Å². The van der Waals surface area contributed by atoms with Gasteiger partial charge in [0.1, 0.15) is 6.07 Å². The second-order valence-corrected chi connectivity index (χ2v) is 3.21. The maximum atomic E-state index is 10.7. The molecule has 1 aromatic rings. The highest BCUT2D eigenvalue weighted by Crippen LogP contribution is 2.22. The van der Waals surface area contributed by atoms with Crippen LogP contribution in [0.5, 0.6) is 0 Å². The molecule has 0 aliphatic rings. The quantitative estimate of drug-likeness (QED) is 0.794. The zero-order valence-electron chi connectivity index (χ0n) is 6.92. The highest BCUT2D eigenvalue weighted by Gasteiger charge is 2.13. The molecule has 3 nitrogen and oxygen atoms in total. The molecule has 5 heteroatoms. The Balaban J connectivity index is 3.42. The number of nitrogens with zero attached hydrogens (tertiary/aromatic N) is 1. The van der Waals surface area contributed by atoms with Crippen LogP contribution in [0.3, 0.4) is 0 Å². The van der Waals surface area contributed by atoms with Crippen molar-refractivity contribution in [1.82, 2.24) is 0 Å². The lowest BCUT2D eigenvalue weighted by Crippen LogP contribution is -2.01. The predicted octanol–water partition coefficient (Wildman–Crippen LogP) is 2.65. The fourth-order valence-electron chi connectivity index (χ4n) is 0.990. The van der Waals surface area contributed by atoms with Gasteiger partial charge in [-0.15, -0.1) is 11.6 Å². The van der Waals surface area contributed by atoms with Gasteiger partial charge in [-0.2, -0.15) is 5.26 Å². The van der Waals surface area contributed by atoms with E-state index in [1.54, 1.807) is 6.07 Å². The number of nitriles is 1. The Morgan fingerprint density at radius 1 is 1.57 bits per heavy atom. The van der Waals surface area contributed by atoms with E-state index in [1.165, 1.54) is 12.1 Å². The summed E-state index contributed by atoms with van der Waals surface area (Å²) in [6.45, 7) is 0. The van der Waals surface area contributed by atoms with Crippen molar-refractivity contribution in [3.63, 3.8) is 0 Å². The number of benzene rings is 1. The van der Waals surface area contributed by atoms with E-state index in [0.717, 1.165) is 0 Å². The first-order chi connectivity index (χ1) is 6.60. The minimum atomic E-state index is -1.16. The van der Waals surface area contributed by atoms with Gasteiger partial charge in [0.25, 0.3) is 0 Å². The summed E-state index contributed by atoms with van der Waals surface area (Å²) in [4.78, 5) is 10.7. The zero-order valence-corrected chi connectivity index (χ0v) is 8.43. The van der Waals surface area contributed by atoms with Gasteiger partial charge >= 0.3 is 5.97 Å². The Morgan fingerprint density at radius 2 is 2.21 bits per heavy atom. The summed E-state index contributed by atoms with van der Waals surface area (Å²) in [6.07, 6.45) is 0.